The Morgan fingerprint density at radius 2 is 2.00 bits per heavy atom. The molecule has 0 aromatic heterocycles. The number of rotatable bonds is 3. The maximum Gasteiger partial charge on any atom is 0.126 e. The van der Waals surface area contributed by atoms with Crippen molar-refractivity contribution >= 4 is 0 Å². The summed E-state index contributed by atoms with van der Waals surface area (Å²) in [5, 5.41) is 0. The van der Waals surface area contributed by atoms with E-state index >= 15 is 0 Å². The molecule has 0 atom stereocenters. The topological polar surface area (TPSA) is 0 Å². The van der Waals surface area contributed by atoms with Crippen molar-refractivity contribution in [3.05, 3.63) is 36.2 Å². The molecule has 0 heterocycles. The second-order valence-electron chi connectivity index (χ2n) is 2.66. The van der Waals surface area contributed by atoms with Crippen LogP contribution in [0.15, 0.2) is 36.2 Å². The van der Waals surface area contributed by atoms with E-state index in [1.54, 1.807) is 19.1 Å². The number of hydrogen-bond donors (Lipinski definition) is 0. The van der Waals surface area contributed by atoms with Crippen molar-refractivity contribution in [2.75, 3.05) is 0 Å². The van der Waals surface area contributed by atoms with E-state index in [1.165, 1.54) is 6.08 Å². The maximum atomic E-state index is 13.0. The number of halogens is 1. The first kappa shape index (κ1) is 10.2. The van der Waals surface area contributed by atoms with Crippen LogP contribution in [-0.2, 0) is 0 Å². The van der Waals surface area contributed by atoms with Crippen LogP contribution in [0.1, 0.15) is 20.8 Å². The van der Waals surface area contributed by atoms with E-state index < -0.39 is 0 Å². The summed E-state index contributed by atoms with van der Waals surface area (Å²) in [4.78, 5) is 0. The highest BCUT2D eigenvalue weighted by Gasteiger charge is 2.03. The summed E-state index contributed by atoms with van der Waals surface area (Å²) in [5.74, 6) is 0.0150. The molecule has 0 aromatic rings. The van der Waals surface area contributed by atoms with Crippen LogP contribution < -0.4 is 0 Å². The van der Waals surface area contributed by atoms with Crippen molar-refractivity contribution in [1.29, 1.82) is 0 Å². The molecule has 11 heavy (non-hydrogen) atoms. The minimum absolute atomic E-state index is 0.183. The minimum atomic E-state index is -0.183. The average molecular weight is 154 g/mol. The van der Waals surface area contributed by atoms with E-state index in [-0.39, 0.29) is 11.7 Å². The third-order valence-corrected chi connectivity index (χ3v) is 1.43. The van der Waals surface area contributed by atoms with Crippen LogP contribution in [0.3, 0.4) is 0 Å². The highest BCUT2D eigenvalue weighted by atomic mass is 19.1. The lowest BCUT2D eigenvalue weighted by Crippen LogP contribution is -1.91. The van der Waals surface area contributed by atoms with Gasteiger partial charge < -0.3 is 0 Å². The van der Waals surface area contributed by atoms with Crippen LogP contribution in [-0.4, -0.2) is 0 Å². The third kappa shape index (κ3) is 3.17. The molecule has 62 valence electrons. The molecule has 0 N–H and O–H groups in total. The molecule has 0 spiro atoms. The van der Waals surface area contributed by atoms with E-state index in [4.69, 9.17) is 0 Å². The fourth-order valence-corrected chi connectivity index (χ4v) is 0.852. The quantitative estimate of drug-likeness (QED) is 0.544. The Hall–Kier alpha value is -0.850. The molecule has 0 aliphatic heterocycles. The van der Waals surface area contributed by atoms with Gasteiger partial charge in [-0.1, -0.05) is 32.6 Å². The molecule has 0 radical (unpaired) electrons. The number of allylic oxidation sites excluding steroid dienone is 5. The second kappa shape index (κ2) is 4.89. The Balaban J connectivity index is 4.67. The highest BCUT2D eigenvalue weighted by Crippen LogP contribution is 2.17. The van der Waals surface area contributed by atoms with Crippen molar-refractivity contribution in [3.63, 3.8) is 0 Å². The molecule has 0 saturated heterocycles. The first-order valence-corrected chi connectivity index (χ1v) is 3.78. The van der Waals surface area contributed by atoms with Gasteiger partial charge in [0.1, 0.15) is 5.83 Å². The smallest absolute Gasteiger partial charge is 0.126 e. The molecule has 0 saturated carbocycles. The van der Waals surface area contributed by atoms with Gasteiger partial charge in [-0.2, -0.15) is 0 Å². The van der Waals surface area contributed by atoms with Gasteiger partial charge in [0.15, 0.2) is 0 Å². The molecule has 0 unspecified atom stereocenters. The largest absolute Gasteiger partial charge is 0.207 e. The number of hydrogen-bond acceptors (Lipinski definition) is 0. The first-order chi connectivity index (χ1) is 5.13. The van der Waals surface area contributed by atoms with Gasteiger partial charge in [0, 0.05) is 0 Å². The van der Waals surface area contributed by atoms with Crippen LogP contribution in [0.2, 0.25) is 0 Å². The summed E-state index contributed by atoms with van der Waals surface area (Å²) in [7, 11) is 0. The minimum Gasteiger partial charge on any atom is -0.207 e. The lowest BCUT2D eigenvalue weighted by molar-refractivity contribution is 0.628. The normalized spacial score (nSPS) is 13.9. The molecule has 0 rings (SSSR count). The van der Waals surface area contributed by atoms with E-state index in [2.05, 4.69) is 6.58 Å². The van der Waals surface area contributed by atoms with Crippen molar-refractivity contribution in [1.82, 2.24) is 0 Å². The second-order valence-corrected chi connectivity index (χ2v) is 2.66. The third-order valence-electron chi connectivity index (χ3n) is 1.43. The SMILES string of the molecule is C=C/C(=C(F)\C=C/C)C(C)C. The molecule has 0 fully saturated rings. The van der Waals surface area contributed by atoms with Gasteiger partial charge in [-0.15, -0.1) is 0 Å². The van der Waals surface area contributed by atoms with E-state index in [0.29, 0.717) is 5.57 Å². The van der Waals surface area contributed by atoms with Gasteiger partial charge in [-0.25, -0.2) is 4.39 Å². The molecule has 0 aliphatic rings. The lowest BCUT2D eigenvalue weighted by Gasteiger charge is -2.05. The van der Waals surface area contributed by atoms with Crippen LogP contribution in [0.4, 0.5) is 4.39 Å². The Labute approximate surface area is 68.1 Å². The van der Waals surface area contributed by atoms with Crippen LogP contribution in [0.25, 0.3) is 0 Å². The van der Waals surface area contributed by atoms with Crippen molar-refractivity contribution < 1.29 is 4.39 Å². The zero-order valence-electron chi connectivity index (χ0n) is 7.39. The van der Waals surface area contributed by atoms with Gasteiger partial charge in [0.2, 0.25) is 0 Å². The summed E-state index contributed by atoms with van der Waals surface area (Å²) in [6.45, 7) is 9.24. The maximum absolute atomic E-state index is 13.0. The molecule has 0 aliphatic carbocycles. The molecule has 1 heteroatoms. The standard InChI is InChI=1S/C10H15F/c1-5-7-10(11)9(6-2)8(3)4/h5-8H,2H2,1,3-4H3/b7-5-,10-9-. The lowest BCUT2D eigenvalue weighted by atomic mass is 10.0. The summed E-state index contributed by atoms with van der Waals surface area (Å²) < 4.78 is 13.0. The van der Waals surface area contributed by atoms with Gasteiger partial charge >= 0.3 is 0 Å². The molecular weight excluding hydrogens is 139 g/mol. The Morgan fingerprint density at radius 1 is 1.45 bits per heavy atom. The Kier molecular flexibility index (Phi) is 4.51. The Morgan fingerprint density at radius 3 is 2.27 bits per heavy atom. The zero-order valence-corrected chi connectivity index (χ0v) is 7.39. The van der Waals surface area contributed by atoms with E-state index in [9.17, 15) is 4.39 Å². The molecule has 0 amide bonds. The summed E-state index contributed by atoms with van der Waals surface area (Å²) >= 11 is 0. The Bertz CT molecular complexity index is 185. The summed E-state index contributed by atoms with van der Waals surface area (Å²) in [5.41, 5.74) is 0.670. The molecule has 0 bridgehead atoms. The van der Waals surface area contributed by atoms with Gasteiger partial charge in [-0.05, 0) is 24.5 Å². The van der Waals surface area contributed by atoms with E-state index in [0.717, 1.165) is 0 Å². The fourth-order valence-electron chi connectivity index (χ4n) is 0.852. The molecule has 0 nitrogen and oxygen atoms in total. The fraction of sp³-hybridized carbons (Fsp3) is 0.400. The average Bonchev–Trinajstić information content (AvgIpc) is 1.88. The first-order valence-electron chi connectivity index (χ1n) is 3.78. The van der Waals surface area contributed by atoms with Crippen molar-refractivity contribution in [2.24, 2.45) is 5.92 Å². The van der Waals surface area contributed by atoms with Gasteiger partial charge in [0.25, 0.3) is 0 Å². The van der Waals surface area contributed by atoms with E-state index in [1.807, 2.05) is 13.8 Å². The molecular formula is C10H15F. The van der Waals surface area contributed by atoms with Crippen molar-refractivity contribution in [2.45, 2.75) is 20.8 Å². The zero-order chi connectivity index (χ0) is 8.85. The molecule has 0 aromatic carbocycles. The predicted molar refractivity (Wildman–Crippen MR) is 48.0 cm³/mol. The van der Waals surface area contributed by atoms with Crippen LogP contribution >= 0.6 is 0 Å². The van der Waals surface area contributed by atoms with Crippen LogP contribution in [0.5, 0.6) is 0 Å². The summed E-state index contributed by atoms with van der Waals surface area (Å²) in [6.07, 6.45) is 4.71. The predicted octanol–water partition coefficient (Wildman–Crippen LogP) is 3.63. The van der Waals surface area contributed by atoms with Gasteiger partial charge in [-0.3, -0.25) is 0 Å². The van der Waals surface area contributed by atoms with Gasteiger partial charge in [0.05, 0.1) is 0 Å². The highest BCUT2D eigenvalue weighted by molar-refractivity contribution is 5.28. The van der Waals surface area contributed by atoms with Crippen molar-refractivity contribution in [3.8, 4) is 0 Å². The monoisotopic (exact) mass is 154 g/mol. The summed E-state index contributed by atoms with van der Waals surface area (Å²) in [6, 6.07) is 0. The van der Waals surface area contributed by atoms with Crippen LogP contribution in [0, 0.1) is 5.92 Å².